The molecule has 1 aliphatic heterocycles. The van der Waals surface area contributed by atoms with E-state index in [1.165, 1.54) is 13.2 Å². The standard InChI is InChI=1S/C13H18FNO3/c1-16-13-3-2-9(6-11(13)14)12(15)8-18-10-4-5-17-7-10/h2-3,6,10,12H,4-5,7-8,15H2,1H3. The van der Waals surface area contributed by atoms with Gasteiger partial charge in [-0.1, -0.05) is 6.07 Å². The normalized spacial score (nSPS) is 20.9. The highest BCUT2D eigenvalue weighted by atomic mass is 19.1. The Morgan fingerprint density at radius 3 is 3.00 bits per heavy atom. The van der Waals surface area contributed by atoms with Gasteiger partial charge in [0.15, 0.2) is 11.6 Å². The summed E-state index contributed by atoms with van der Waals surface area (Å²) >= 11 is 0. The van der Waals surface area contributed by atoms with Gasteiger partial charge in [-0.15, -0.1) is 0 Å². The molecule has 1 aromatic carbocycles. The van der Waals surface area contributed by atoms with Gasteiger partial charge in [0, 0.05) is 6.61 Å². The smallest absolute Gasteiger partial charge is 0.165 e. The minimum atomic E-state index is -0.408. The zero-order valence-electron chi connectivity index (χ0n) is 10.4. The van der Waals surface area contributed by atoms with Gasteiger partial charge < -0.3 is 19.9 Å². The SMILES string of the molecule is COc1ccc(C(N)COC2CCOC2)cc1F. The van der Waals surface area contributed by atoms with E-state index in [4.69, 9.17) is 19.9 Å². The third-order valence-corrected chi connectivity index (χ3v) is 3.00. The Morgan fingerprint density at radius 1 is 1.56 bits per heavy atom. The van der Waals surface area contributed by atoms with Crippen LogP contribution in [0.2, 0.25) is 0 Å². The molecular weight excluding hydrogens is 237 g/mol. The summed E-state index contributed by atoms with van der Waals surface area (Å²) in [5.41, 5.74) is 6.66. The van der Waals surface area contributed by atoms with E-state index in [0.29, 0.717) is 18.8 Å². The Morgan fingerprint density at radius 2 is 2.39 bits per heavy atom. The van der Waals surface area contributed by atoms with Crippen LogP contribution in [-0.4, -0.2) is 33.0 Å². The molecule has 2 N–H and O–H groups in total. The zero-order chi connectivity index (χ0) is 13.0. The van der Waals surface area contributed by atoms with E-state index in [1.54, 1.807) is 12.1 Å². The minimum absolute atomic E-state index is 0.110. The molecule has 100 valence electrons. The van der Waals surface area contributed by atoms with Gasteiger partial charge in [0.1, 0.15) is 0 Å². The predicted molar refractivity (Wildman–Crippen MR) is 65.1 cm³/mol. The minimum Gasteiger partial charge on any atom is -0.494 e. The van der Waals surface area contributed by atoms with Crippen LogP contribution in [-0.2, 0) is 9.47 Å². The van der Waals surface area contributed by atoms with Crippen LogP contribution in [0.1, 0.15) is 18.0 Å². The third kappa shape index (κ3) is 3.19. The van der Waals surface area contributed by atoms with Crippen LogP contribution in [0.5, 0.6) is 5.75 Å². The quantitative estimate of drug-likeness (QED) is 0.869. The summed E-state index contributed by atoms with van der Waals surface area (Å²) in [4.78, 5) is 0. The van der Waals surface area contributed by atoms with E-state index in [1.807, 2.05) is 0 Å². The third-order valence-electron chi connectivity index (χ3n) is 3.00. The van der Waals surface area contributed by atoms with Crippen molar-refractivity contribution in [2.75, 3.05) is 26.9 Å². The van der Waals surface area contributed by atoms with Crippen LogP contribution in [0.15, 0.2) is 18.2 Å². The molecule has 0 amide bonds. The lowest BCUT2D eigenvalue weighted by Crippen LogP contribution is -2.22. The van der Waals surface area contributed by atoms with Crippen molar-refractivity contribution in [3.8, 4) is 5.75 Å². The number of benzene rings is 1. The van der Waals surface area contributed by atoms with Crippen molar-refractivity contribution in [2.45, 2.75) is 18.6 Å². The maximum Gasteiger partial charge on any atom is 0.165 e. The maximum absolute atomic E-state index is 13.5. The lowest BCUT2D eigenvalue weighted by atomic mass is 10.1. The van der Waals surface area contributed by atoms with E-state index < -0.39 is 5.82 Å². The van der Waals surface area contributed by atoms with Gasteiger partial charge in [-0.05, 0) is 24.1 Å². The van der Waals surface area contributed by atoms with Crippen molar-refractivity contribution >= 4 is 0 Å². The number of nitrogens with two attached hydrogens (primary N) is 1. The molecule has 18 heavy (non-hydrogen) atoms. The van der Waals surface area contributed by atoms with Gasteiger partial charge in [-0.2, -0.15) is 0 Å². The number of rotatable bonds is 5. The highest BCUT2D eigenvalue weighted by molar-refractivity contribution is 5.30. The molecule has 2 unspecified atom stereocenters. The summed E-state index contributed by atoms with van der Waals surface area (Å²) in [5, 5.41) is 0. The molecule has 4 nitrogen and oxygen atoms in total. The molecular formula is C13H18FNO3. The van der Waals surface area contributed by atoms with Gasteiger partial charge in [0.2, 0.25) is 0 Å². The number of hydrogen-bond donors (Lipinski definition) is 1. The van der Waals surface area contributed by atoms with Crippen LogP contribution in [0.3, 0.4) is 0 Å². The molecule has 0 aliphatic carbocycles. The Bertz CT molecular complexity index is 394. The van der Waals surface area contributed by atoms with Gasteiger partial charge in [-0.3, -0.25) is 0 Å². The van der Waals surface area contributed by atoms with Gasteiger partial charge in [-0.25, -0.2) is 4.39 Å². The average Bonchev–Trinajstić information content (AvgIpc) is 2.89. The predicted octanol–water partition coefficient (Wildman–Crippen LogP) is 1.64. The molecule has 0 radical (unpaired) electrons. The van der Waals surface area contributed by atoms with Crippen molar-refractivity contribution in [2.24, 2.45) is 5.73 Å². The number of ether oxygens (including phenoxy) is 3. The Kier molecular flexibility index (Phi) is 4.52. The molecule has 1 heterocycles. The monoisotopic (exact) mass is 255 g/mol. The second-order valence-corrected chi connectivity index (χ2v) is 4.32. The van der Waals surface area contributed by atoms with Gasteiger partial charge in [0.25, 0.3) is 0 Å². The number of halogens is 1. The highest BCUT2D eigenvalue weighted by Crippen LogP contribution is 2.21. The fourth-order valence-electron chi connectivity index (χ4n) is 1.89. The fraction of sp³-hybridized carbons (Fsp3) is 0.538. The molecule has 1 fully saturated rings. The molecule has 5 heteroatoms. The summed E-state index contributed by atoms with van der Waals surface area (Å²) in [6.45, 7) is 1.71. The second kappa shape index (κ2) is 6.13. The van der Waals surface area contributed by atoms with Crippen LogP contribution < -0.4 is 10.5 Å². The number of methoxy groups -OCH3 is 1. The molecule has 2 atom stereocenters. The summed E-state index contributed by atoms with van der Waals surface area (Å²) in [5.74, 6) is -0.189. The highest BCUT2D eigenvalue weighted by Gasteiger charge is 2.18. The summed E-state index contributed by atoms with van der Waals surface area (Å²) < 4.78 is 29.2. The lowest BCUT2D eigenvalue weighted by Gasteiger charge is -2.16. The molecule has 2 rings (SSSR count). The second-order valence-electron chi connectivity index (χ2n) is 4.32. The first kappa shape index (κ1) is 13.3. The molecule has 0 bridgehead atoms. The van der Waals surface area contributed by atoms with Crippen molar-refractivity contribution in [1.82, 2.24) is 0 Å². The average molecular weight is 255 g/mol. The molecule has 1 aromatic rings. The molecule has 1 aliphatic rings. The molecule has 1 saturated heterocycles. The first-order chi connectivity index (χ1) is 8.70. The van der Waals surface area contributed by atoms with Crippen molar-refractivity contribution in [3.05, 3.63) is 29.6 Å². The van der Waals surface area contributed by atoms with Gasteiger partial charge in [0.05, 0.1) is 32.5 Å². The van der Waals surface area contributed by atoms with Gasteiger partial charge >= 0.3 is 0 Å². The van der Waals surface area contributed by atoms with Crippen LogP contribution in [0, 0.1) is 5.82 Å². The largest absolute Gasteiger partial charge is 0.494 e. The van der Waals surface area contributed by atoms with E-state index in [-0.39, 0.29) is 17.9 Å². The van der Waals surface area contributed by atoms with E-state index in [0.717, 1.165) is 13.0 Å². The van der Waals surface area contributed by atoms with E-state index in [9.17, 15) is 4.39 Å². The summed E-state index contributed by atoms with van der Waals surface area (Å²) in [6, 6.07) is 4.37. The van der Waals surface area contributed by atoms with Crippen molar-refractivity contribution < 1.29 is 18.6 Å². The Balaban J connectivity index is 1.91. The van der Waals surface area contributed by atoms with Crippen LogP contribution in [0.25, 0.3) is 0 Å². The summed E-state index contributed by atoms with van der Waals surface area (Å²) in [7, 11) is 1.43. The van der Waals surface area contributed by atoms with Crippen molar-refractivity contribution in [3.63, 3.8) is 0 Å². The lowest BCUT2D eigenvalue weighted by molar-refractivity contribution is 0.0349. The first-order valence-electron chi connectivity index (χ1n) is 5.99. The van der Waals surface area contributed by atoms with Crippen LogP contribution >= 0.6 is 0 Å². The Labute approximate surface area is 106 Å². The molecule has 0 spiro atoms. The van der Waals surface area contributed by atoms with Crippen LogP contribution in [0.4, 0.5) is 4.39 Å². The maximum atomic E-state index is 13.5. The van der Waals surface area contributed by atoms with E-state index in [2.05, 4.69) is 0 Å². The zero-order valence-corrected chi connectivity index (χ0v) is 10.4. The number of hydrogen-bond acceptors (Lipinski definition) is 4. The first-order valence-corrected chi connectivity index (χ1v) is 5.99. The molecule has 0 saturated carbocycles. The molecule has 0 aromatic heterocycles. The topological polar surface area (TPSA) is 53.7 Å². The summed E-state index contributed by atoms with van der Waals surface area (Å²) in [6.07, 6.45) is 1.00. The Hall–Kier alpha value is -1.17. The van der Waals surface area contributed by atoms with E-state index >= 15 is 0 Å². The fourth-order valence-corrected chi connectivity index (χ4v) is 1.89. The van der Waals surface area contributed by atoms with Crippen molar-refractivity contribution in [1.29, 1.82) is 0 Å².